The molecule has 2 atom stereocenters. The molecule has 3 nitrogen and oxygen atoms in total. The second-order valence-electron chi connectivity index (χ2n) is 17.7. The third-order valence-corrected chi connectivity index (χ3v) is 11.3. The molecule has 0 saturated heterocycles. The van der Waals surface area contributed by atoms with Gasteiger partial charge in [0.2, 0.25) is 0 Å². The number of nitrogens with zero attached hydrogens (tertiary/aromatic N) is 1. The van der Waals surface area contributed by atoms with Gasteiger partial charge < -0.3 is 11.1 Å². The maximum atomic E-state index is 14.0. The number of allylic oxidation sites excluding steroid dienone is 8. The molecule has 0 spiro atoms. The normalized spacial score (nSPS) is 18.6. The first-order valence-electron chi connectivity index (χ1n) is 22.7. The number of nitrogens with one attached hydrogen (secondary N) is 1. The van der Waals surface area contributed by atoms with Crippen LogP contribution in [-0.2, 0) is 5.41 Å². The van der Waals surface area contributed by atoms with Crippen molar-refractivity contribution < 1.29 is 4.39 Å². The molecule has 0 amide bonds. The summed E-state index contributed by atoms with van der Waals surface area (Å²) in [4.78, 5) is 4.56. The van der Waals surface area contributed by atoms with E-state index in [4.69, 9.17) is 5.73 Å². The van der Waals surface area contributed by atoms with Crippen molar-refractivity contribution in [2.45, 2.75) is 180 Å². The summed E-state index contributed by atoms with van der Waals surface area (Å²) in [6.45, 7) is 49.0. The van der Waals surface area contributed by atoms with Gasteiger partial charge in [-0.15, -0.1) is 0 Å². The SMILES string of the molecule is C=C/C(F)=C(\C=C)N/C(C)=C(C)/C(=C\C(=C)c1ccc(C(CC)(CCC)C(=C)C)c(C)c1)N=CC.CC(C)C.CC1CC(C)C1.CC1CCC1.CCCC(CC)CN. The molecule has 0 radical (unpaired) electrons. The molecule has 0 aliphatic heterocycles. The fourth-order valence-electron chi connectivity index (χ4n) is 7.32. The third kappa shape index (κ3) is 21.7. The van der Waals surface area contributed by atoms with Crippen molar-refractivity contribution >= 4 is 11.8 Å². The Hall–Kier alpha value is -3.24. The van der Waals surface area contributed by atoms with Crippen molar-refractivity contribution in [2.24, 2.45) is 40.3 Å². The average molecular weight is 802 g/mol. The van der Waals surface area contributed by atoms with Crippen LogP contribution >= 0.6 is 0 Å². The molecule has 2 aliphatic carbocycles. The maximum absolute atomic E-state index is 14.0. The van der Waals surface area contributed by atoms with Crippen LogP contribution in [0.4, 0.5) is 4.39 Å². The quantitative estimate of drug-likeness (QED) is 0.0936. The molecule has 3 rings (SSSR count). The van der Waals surface area contributed by atoms with Crippen LogP contribution in [0, 0.1) is 36.5 Å². The van der Waals surface area contributed by atoms with Crippen molar-refractivity contribution in [1.82, 2.24) is 5.32 Å². The highest BCUT2D eigenvalue weighted by Gasteiger charge is 2.31. The van der Waals surface area contributed by atoms with E-state index in [0.29, 0.717) is 0 Å². The molecule has 2 unspecified atom stereocenters. The number of aliphatic imine (C=N–C) groups is 1. The Kier molecular flexibility index (Phi) is 31.0. The highest BCUT2D eigenvalue weighted by atomic mass is 19.1. The van der Waals surface area contributed by atoms with Crippen molar-refractivity contribution in [3.05, 3.63) is 113 Å². The minimum atomic E-state index is -0.461. The van der Waals surface area contributed by atoms with Gasteiger partial charge in [0.05, 0.1) is 11.4 Å². The summed E-state index contributed by atoms with van der Waals surface area (Å²) in [5.41, 5.74) is 13.8. The van der Waals surface area contributed by atoms with Crippen LogP contribution in [0.5, 0.6) is 0 Å². The van der Waals surface area contributed by atoms with E-state index < -0.39 is 5.83 Å². The van der Waals surface area contributed by atoms with E-state index in [9.17, 15) is 4.39 Å². The Morgan fingerprint density at radius 2 is 1.50 bits per heavy atom. The Morgan fingerprint density at radius 1 is 0.948 bits per heavy atom. The number of aryl methyl sites for hydroxylation is 1. The average Bonchev–Trinajstić information content (AvgIpc) is 3.16. The van der Waals surface area contributed by atoms with Crippen LogP contribution in [0.2, 0.25) is 0 Å². The summed E-state index contributed by atoms with van der Waals surface area (Å²) in [6.07, 6.45) is 20.7. The van der Waals surface area contributed by atoms with Crippen molar-refractivity contribution in [1.29, 1.82) is 0 Å². The van der Waals surface area contributed by atoms with Gasteiger partial charge in [-0.1, -0.05) is 158 Å². The first-order chi connectivity index (χ1) is 27.3. The van der Waals surface area contributed by atoms with Crippen molar-refractivity contribution in [2.75, 3.05) is 6.54 Å². The minimum Gasteiger partial charge on any atom is -0.356 e. The summed E-state index contributed by atoms with van der Waals surface area (Å²) < 4.78 is 14.0. The van der Waals surface area contributed by atoms with Crippen LogP contribution in [-0.4, -0.2) is 12.8 Å². The molecule has 2 aliphatic rings. The first-order valence-corrected chi connectivity index (χ1v) is 22.7. The molecule has 2 saturated carbocycles. The number of rotatable bonds is 17. The Balaban J connectivity index is 0. The van der Waals surface area contributed by atoms with E-state index in [1.807, 2.05) is 26.8 Å². The third-order valence-electron chi connectivity index (χ3n) is 11.3. The second kappa shape index (κ2) is 31.7. The zero-order valence-electron chi connectivity index (χ0n) is 40.6. The lowest BCUT2D eigenvalue weighted by atomic mass is 9.68. The topological polar surface area (TPSA) is 50.4 Å². The summed E-state index contributed by atoms with van der Waals surface area (Å²) in [5.74, 6) is 4.30. The Morgan fingerprint density at radius 3 is 1.79 bits per heavy atom. The smallest absolute Gasteiger partial charge is 0.146 e. The molecule has 1 aromatic carbocycles. The predicted octanol–water partition coefficient (Wildman–Crippen LogP) is 16.7. The van der Waals surface area contributed by atoms with E-state index >= 15 is 0 Å². The molecular weight excluding hydrogens is 710 g/mol. The van der Waals surface area contributed by atoms with Gasteiger partial charge in [0.15, 0.2) is 0 Å². The first kappa shape index (κ1) is 56.9. The molecule has 0 bridgehead atoms. The van der Waals surface area contributed by atoms with Gasteiger partial charge in [-0.2, -0.15) is 0 Å². The van der Waals surface area contributed by atoms with Gasteiger partial charge >= 0.3 is 0 Å². The molecule has 0 aromatic heterocycles. The molecule has 1 aromatic rings. The number of halogens is 1. The largest absolute Gasteiger partial charge is 0.356 e. The fourth-order valence-corrected chi connectivity index (χ4v) is 7.32. The summed E-state index contributed by atoms with van der Waals surface area (Å²) >= 11 is 0. The maximum Gasteiger partial charge on any atom is 0.146 e. The van der Waals surface area contributed by atoms with E-state index in [-0.39, 0.29) is 11.1 Å². The lowest BCUT2D eigenvalue weighted by Gasteiger charge is -2.36. The molecular formula is C54H92FN3. The van der Waals surface area contributed by atoms with Crippen LogP contribution in [0.15, 0.2) is 102 Å². The van der Waals surface area contributed by atoms with Crippen molar-refractivity contribution in [3.8, 4) is 0 Å². The van der Waals surface area contributed by atoms with Gasteiger partial charge in [-0.3, -0.25) is 4.99 Å². The zero-order valence-corrected chi connectivity index (χ0v) is 40.6. The monoisotopic (exact) mass is 802 g/mol. The lowest BCUT2D eigenvalue weighted by Crippen LogP contribution is -2.27. The zero-order chi connectivity index (χ0) is 45.0. The minimum absolute atomic E-state index is 0.00853. The highest BCUT2D eigenvalue weighted by Crippen LogP contribution is 2.41. The molecule has 2 fully saturated rings. The number of hydrogen-bond donors (Lipinski definition) is 2. The fraction of sp³-hybridized carbons (Fsp3) is 0.611. The molecule has 4 heteroatoms. The standard InChI is InChI=1S/C32H43FN2.C7H17N.C6H12.C5H10.C4H10/c1-12-19-32(15-4,22(6)7)28-18-17-27(20-24(28)9)23(8)21-31(34-16-5)25(10)26(11)35-30(14-3)29(33)13-2;1-3-5-7(4-2)6-8;1-5-3-6(2)4-5;1-5-3-2-4-5;1-4(2)3/h13-14,16-18,20-21,35H,2-3,6,8,12,15,19H2,1,4-5,7,9-11H3;7H,3-6,8H2,1-2H3;5-6H,3-4H2,1-2H3;5H,2-4H2,1H3;4H,1-3H3/b26-25+,30-29-,31-21+,34-16?;;;;. The number of hydrogen-bond acceptors (Lipinski definition) is 3. The summed E-state index contributed by atoms with van der Waals surface area (Å²) in [6, 6.07) is 6.57. The van der Waals surface area contributed by atoms with Crippen LogP contribution in [0.25, 0.3) is 5.57 Å². The van der Waals surface area contributed by atoms with E-state index in [1.54, 1.807) is 6.21 Å². The highest BCUT2D eigenvalue weighted by molar-refractivity contribution is 5.75. The van der Waals surface area contributed by atoms with Crippen LogP contribution < -0.4 is 11.1 Å². The van der Waals surface area contributed by atoms with E-state index in [1.165, 1.54) is 74.1 Å². The van der Waals surface area contributed by atoms with Gasteiger partial charge in [0.25, 0.3) is 0 Å². The molecule has 3 N–H and O–H groups in total. The van der Waals surface area contributed by atoms with Gasteiger partial charge in [-0.25, -0.2) is 4.39 Å². The molecule has 58 heavy (non-hydrogen) atoms. The Bertz CT molecular complexity index is 1460. The molecule has 0 heterocycles. The molecule has 330 valence electrons. The second-order valence-corrected chi connectivity index (χ2v) is 17.7. The lowest BCUT2D eigenvalue weighted by molar-refractivity contribution is 0.233. The number of nitrogens with two attached hydrogens (primary N) is 1. The van der Waals surface area contributed by atoms with Crippen molar-refractivity contribution in [3.63, 3.8) is 0 Å². The van der Waals surface area contributed by atoms with E-state index in [0.717, 1.165) is 89.6 Å². The summed E-state index contributed by atoms with van der Waals surface area (Å²) in [7, 11) is 0. The summed E-state index contributed by atoms with van der Waals surface area (Å²) in [5, 5.41) is 3.07. The van der Waals surface area contributed by atoms with Crippen LogP contribution in [0.1, 0.15) is 184 Å². The predicted molar refractivity (Wildman–Crippen MR) is 263 cm³/mol. The number of benzene rings is 1. The van der Waals surface area contributed by atoms with E-state index in [2.05, 4.69) is 138 Å². The van der Waals surface area contributed by atoms with Gasteiger partial charge in [0, 0.05) is 17.3 Å². The van der Waals surface area contributed by atoms with Gasteiger partial charge in [-0.05, 0) is 149 Å². The van der Waals surface area contributed by atoms with Crippen LogP contribution in [0.3, 0.4) is 0 Å². The van der Waals surface area contributed by atoms with Gasteiger partial charge in [0.1, 0.15) is 5.83 Å². The Labute approximate surface area is 360 Å².